The number of hydrogen-bond acceptors (Lipinski definition) is 4. The minimum atomic E-state index is -0.467. The molecule has 1 heterocycles. The number of aliphatic hydroxyl groups is 1. The van der Waals surface area contributed by atoms with Crippen LogP contribution in [0.1, 0.15) is 19.4 Å². The molecular formula is C16H25NO3. The smallest absolute Gasteiger partial charge is 0.119 e. The van der Waals surface area contributed by atoms with Crippen LogP contribution in [0, 0.1) is 0 Å². The quantitative estimate of drug-likeness (QED) is 0.861. The van der Waals surface area contributed by atoms with Gasteiger partial charge in [-0.3, -0.25) is 4.90 Å². The molecule has 20 heavy (non-hydrogen) atoms. The van der Waals surface area contributed by atoms with Crippen molar-refractivity contribution in [2.24, 2.45) is 0 Å². The lowest BCUT2D eigenvalue weighted by Gasteiger charge is -2.32. The SMILES string of the molecule is CCc1ccc(OC[C@H](O)CN2CCO[C@H](C)C2)cc1. The predicted molar refractivity (Wildman–Crippen MR) is 79.2 cm³/mol. The fourth-order valence-electron chi connectivity index (χ4n) is 2.42. The lowest BCUT2D eigenvalue weighted by Crippen LogP contribution is -2.45. The maximum Gasteiger partial charge on any atom is 0.119 e. The van der Waals surface area contributed by atoms with Crippen LogP contribution in [0.25, 0.3) is 0 Å². The third-order valence-corrected chi connectivity index (χ3v) is 3.57. The third-order valence-electron chi connectivity index (χ3n) is 3.57. The first kappa shape index (κ1) is 15.3. The van der Waals surface area contributed by atoms with E-state index in [-0.39, 0.29) is 6.10 Å². The topological polar surface area (TPSA) is 41.9 Å². The van der Waals surface area contributed by atoms with Crippen LogP contribution >= 0.6 is 0 Å². The minimum Gasteiger partial charge on any atom is -0.491 e. The number of hydrogen-bond donors (Lipinski definition) is 1. The van der Waals surface area contributed by atoms with Crippen molar-refractivity contribution in [2.45, 2.75) is 32.5 Å². The number of nitrogens with zero attached hydrogens (tertiary/aromatic N) is 1. The molecule has 1 N–H and O–H groups in total. The van der Waals surface area contributed by atoms with Gasteiger partial charge in [0.2, 0.25) is 0 Å². The van der Waals surface area contributed by atoms with Crippen LogP contribution in [0.4, 0.5) is 0 Å². The molecule has 2 atom stereocenters. The van der Waals surface area contributed by atoms with Crippen LogP contribution < -0.4 is 4.74 Å². The van der Waals surface area contributed by atoms with Crippen LogP contribution in [-0.4, -0.2) is 55.1 Å². The highest BCUT2D eigenvalue weighted by atomic mass is 16.5. The molecule has 0 aromatic heterocycles. The van der Waals surface area contributed by atoms with Gasteiger partial charge in [0.05, 0.1) is 12.7 Å². The van der Waals surface area contributed by atoms with Gasteiger partial charge in [0.1, 0.15) is 18.5 Å². The van der Waals surface area contributed by atoms with Gasteiger partial charge in [0.25, 0.3) is 0 Å². The van der Waals surface area contributed by atoms with E-state index >= 15 is 0 Å². The van der Waals surface area contributed by atoms with Gasteiger partial charge in [-0.25, -0.2) is 0 Å². The lowest BCUT2D eigenvalue weighted by molar-refractivity contribution is -0.0361. The molecule has 0 amide bonds. The molecule has 1 aliphatic rings. The van der Waals surface area contributed by atoms with E-state index in [0.717, 1.165) is 31.9 Å². The van der Waals surface area contributed by atoms with E-state index in [1.807, 2.05) is 12.1 Å². The number of aryl methyl sites for hydroxylation is 1. The first-order chi connectivity index (χ1) is 9.67. The van der Waals surface area contributed by atoms with Gasteiger partial charge < -0.3 is 14.6 Å². The largest absolute Gasteiger partial charge is 0.491 e. The zero-order valence-electron chi connectivity index (χ0n) is 12.4. The summed E-state index contributed by atoms with van der Waals surface area (Å²) in [6.07, 6.45) is 0.808. The van der Waals surface area contributed by atoms with Crippen LogP contribution in [0.3, 0.4) is 0 Å². The van der Waals surface area contributed by atoms with Gasteiger partial charge in [-0.2, -0.15) is 0 Å². The Balaban J connectivity index is 1.72. The second kappa shape index (κ2) is 7.62. The summed E-state index contributed by atoms with van der Waals surface area (Å²) in [4.78, 5) is 2.22. The van der Waals surface area contributed by atoms with E-state index in [0.29, 0.717) is 13.2 Å². The highest BCUT2D eigenvalue weighted by Gasteiger charge is 2.19. The van der Waals surface area contributed by atoms with E-state index in [1.54, 1.807) is 0 Å². The molecule has 4 nitrogen and oxygen atoms in total. The van der Waals surface area contributed by atoms with E-state index in [9.17, 15) is 5.11 Å². The number of β-amino-alcohol motifs (C(OH)–C–C–N with tert-alkyl or cyclic N) is 1. The Labute approximate surface area is 121 Å². The van der Waals surface area contributed by atoms with Crippen molar-refractivity contribution in [1.29, 1.82) is 0 Å². The Morgan fingerprint density at radius 2 is 2.15 bits per heavy atom. The Bertz CT molecular complexity index is 393. The zero-order valence-corrected chi connectivity index (χ0v) is 12.4. The summed E-state index contributed by atoms with van der Waals surface area (Å²) >= 11 is 0. The van der Waals surface area contributed by atoms with Crippen molar-refractivity contribution >= 4 is 0 Å². The van der Waals surface area contributed by atoms with Gasteiger partial charge in [-0.05, 0) is 31.0 Å². The summed E-state index contributed by atoms with van der Waals surface area (Å²) in [7, 11) is 0. The van der Waals surface area contributed by atoms with Crippen LogP contribution in [0.2, 0.25) is 0 Å². The molecule has 1 fully saturated rings. The molecule has 1 aromatic rings. The van der Waals surface area contributed by atoms with Gasteiger partial charge in [0, 0.05) is 19.6 Å². The average molecular weight is 279 g/mol. The fourth-order valence-corrected chi connectivity index (χ4v) is 2.42. The standard InChI is InChI=1S/C16H25NO3/c1-3-14-4-6-16(7-5-14)20-12-15(18)11-17-8-9-19-13(2)10-17/h4-7,13,15,18H,3,8-12H2,1-2H3/t13-,15-/m1/s1. The molecule has 0 radical (unpaired) electrons. The molecule has 0 spiro atoms. The van der Waals surface area contributed by atoms with Gasteiger partial charge >= 0.3 is 0 Å². The van der Waals surface area contributed by atoms with E-state index in [2.05, 4.69) is 30.9 Å². The van der Waals surface area contributed by atoms with Gasteiger partial charge in [-0.1, -0.05) is 19.1 Å². The molecule has 2 rings (SSSR count). The Morgan fingerprint density at radius 3 is 2.80 bits per heavy atom. The molecule has 0 bridgehead atoms. The van der Waals surface area contributed by atoms with Crippen LogP contribution in [0.15, 0.2) is 24.3 Å². The maximum atomic E-state index is 10.0. The molecule has 0 unspecified atom stereocenters. The second-order valence-corrected chi connectivity index (χ2v) is 5.40. The summed E-state index contributed by atoms with van der Waals surface area (Å²) in [6, 6.07) is 8.04. The predicted octanol–water partition coefficient (Wildman–Crippen LogP) is 1.71. The van der Waals surface area contributed by atoms with Crippen molar-refractivity contribution in [3.63, 3.8) is 0 Å². The van der Waals surface area contributed by atoms with Crippen molar-refractivity contribution in [3.05, 3.63) is 29.8 Å². The molecule has 0 saturated carbocycles. The lowest BCUT2D eigenvalue weighted by atomic mass is 10.2. The summed E-state index contributed by atoms with van der Waals surface area (Å²) in [5.74, 6) is 0.816. The minimum absolute atomic E-state index is 0.249. The van der Waals surface area contributed by atoms with Gasteiger partial charge in [0.15, 0.2) is 0 Å². The Kier molecular flexibility index (Phi) is 5.83. The molecular weight excluding hydrogens is 254 g/mol. The molecule has 1 saturated heterocycles. The second-order valence-electron chi connectivity index (χ2n) is 5.40. The summed E-state index contributed by atoms with van der Waals surface area (Å²) in [5.41, 5.74) is 1.29. The fraction of sp³-hybridized carbons (Fsp3) is 0.625. The summed E-state index contributed by atoms with van der Waals surface area (Å²) in [5, 5.41) is 10.0. The zero-order chi connectivity index (χ0) is 14.4. The van der Waals surface area contributed by atoms with E-state index < -0.39 is 6.10 Å². The van der Waals surface area contributed by atoms with Crippen LogP contribution in [-0.2, 0) is 11.2 Å². The number of ether oxygens (including phenoxy) is 2. The third kappa shape index (κ3) is 4.78. The van der Waals surface area contributed by atoms with E-state index in [1.165, 1.54) is 5.56 Å². The van der Waals surface area contributed by atoms with E-state index in [4.69, 9.17) is 9.47 Å². The summed E-state index contributed by atoms with van der Waals surface area (Å²) in [6.45, 7) is 7.66. The maximum absolute atomic E-state index is 10.0. The molecule has 1 aliphatic heterocycles. The molecule has 0 aliphatic carbocycles. The number of aliphatic hydroxyl groups excluding tert-OH is 1. The highest BCUT2D eigenvalue weighted by Crippen LogP contribution is 2.13. The average Bonchev–Trinajstić information content (AvgIpc) is 2.46. The molecule has 1 aromatic carbocycles. The first-order valence-electron chi connectivity index (χ1n) is 7.41. The van der Waals surface area contributed by atoms with Crippen molar-refractivity contribution in [3.8, 4) is 5.75 Å². The molecule has 4 heteroatoms. The molecule has 112 valence electrons. The Morgan fingerprint density at radius 1 is 1.40 bits per heavy atom. The number of morpholine rings is 1. The number of rotatable bonds is 6. The van der Waals surface area contributed by atoms with Crippen molar-refractivity contribution < 1.29 is 14.6 Å². The van der Waals surface area contributed by atoms with Crippen LogP contribution in [0.5, 0.6) is 5.75 Å². The highest BCUT2D eigenvalue weighted by molar-refractivity contribution is 5.27. The number of benzene rings is 1. The first-order valence-corrected chi connectivity index (χ1v) is 7.41. The monoisotopic (exact) mass is 279 g/mol. The van der Waals surface area contributed by atoms with Gasteiger partial charge in [-0.15, -0.1) is 0 Å². The van der Waals surface area contributed by atoms with Crippen molar-refractivity contribution in [1.82, 2.24) is 4.90 Å². The summed E-state index contributed by atoms with van der Waals surface area (Å²) < 4.78 is 11.1. The Hall–Kier alpha value is -1.10. The normalized spacial score (nSPS) is 21.6. The van der Waals surface area contributed by atoms with Crippen molar-refractivity contribution in [2.75, 3.05) is 32.8 Å².